The molecule has 0 amide bonds. The zero-order valence-corrected chi connectivity index (χ0v) is 11.8. The lowest BCUT2D eigenvalue weighted by Gasteiger charge is -2.31. The lowest BCUT2D eigenvalue weighted by molar-refractivity contribution is 0.105. The summed E-state index contributed by atoms with van der Waals surface area (Å²) in [6, 6.07) is 6.96. The van der Waals surface area contributed by atoms with E-state index in [0.29, 0.717) is 12.0 Å². The number of para-hydroxylation sites is 1. The molecule has 0 aliphatic carbocycles. The second-order valence-corrected chi connectivity index (χ2v) is 5.28. The molecular formula is C16H26O3. The standard InChI is InChI=1S/C16H26O3/c1-2-3-4-5-8-11-16(12-17,13-18)14-9-6-7-10-15(14)19/h6-7,9-10,17-19H,2-5,8,11-13H2,1H3. The van der Waals surface area contributed by atoms with Gasteiger partial charge < -0.3 is 15.3 Å². The first-order chi connectivity index (χ1) is 9.20. The van der Waals surface area contributed by atoms with Gasteiger partial charge in [-0.2, -0.15) is 0 Å². The van der Waals surface area contributed by atoms with Gasteiger partial charge in [0, 0.05) is 11.0 Å². The summed E-state index contributed by atoms with van der Waals surface area (Å²) in [5, 5.41) is 29.3. The van der Waals surface area contributed by atoms with Gasteiger partial charge in [-0.25, -0.2) is 0 Å². The van der Waals surface area contributed by atoms with Gasteiger partial charge in [-0.15, -0.1) is 0 Å². The second-order valence-electron chi connectivity index (χ2n) is 5.28. The van der Waals surface area contributed by atoms with Crippen LogP contribution in [0.2, 0.25) is 0 Å². The predicted molar refractivity (Wildman–Crippen MR) is 77.3 cm³/mol. The van der Waals surface area contributed by atoms with Crippen molar-refractivity contribution < 1.29 is 15.3 Å². The molecular weight excluding hydrogens is 240 g/mol. The average molecular weight is 266 g/mol. The van der Waals surface area contributed by atoms with Crippen LogP contribution in [0, 0.1) is 0 Å². The van der Waals surface area contributed by atoms with E-state index < -0.39 is 5.41 Å². The van der Waals surface area contributed by atoms with E-state index in [1.807, 2.05) is 6.07 Å². The molecule has 1 aromatic rings. The number of unbranched alkanes of at least 4 members (excludes halogenated alkanes) is 4. The third-order valence-corrected chi connectivity index (χ3v) is 3.84. The van der Waals surface area contributed by atoms with Crippen molar-refractivity contribution in [2.75, 3.05) is 13.2 Å². The first kappa shape index (κ1) is 16.0. The largest absolute Gasteiger partial charge is 0.508 e. The van der Waals surface area contributed by atoms with Crippen molar-refractivity contribution >= 4 is 0 Å². The smallest absolute Gasteiger partial charge is 0.119 e. The van der Waals surface area contributed by atoms with Crippen LogP contribution in [0.1, 0.15) is 51.0 Å². The molecule has 3 heteroatoms. The monoisotopic (exact) mass is 266 g/mol. The van der Waals surface area contributed by atoms with Crippen LogP contribution in [-0.4, -0.2) is 28.5 Å². The van der Waals surface area contributed by atoms with Crippen LogP contribution in [0.25, 0.3) is 0 Å². The Bertz CT molecular complexity index is 359. The lowest BCUT2D eigenvalue weighted by Crippen LogP contribution is -2.35. The maximum Gasteiger partial charge on any atom is 0.119 e. The number of rotatable bonds is 9. The van der Waals surface area contributed by atoms with Crippen molar-refractivity contribution in [3.05, 3.63) is 29.8 Å². The molecule has 0 bridgehead atoms. The van der Waals surface area contributed by atoms with Crippen molar-refractivity contribution in [1.82, 2.24) is 0 Å². The highest BCUT2D eigenvalue weighted by atomic mass is 16.3. The Morgan fingerprint density at radius 3 is 2.16 bits per heavy atom. The summed E-state index contributed by atoms with van der Waals surface area (Å²) >= 11 is 0. The number of aromatic hydroxyl groups is 1. The van der Waals surface area contributed by atoms with Gasteiger partial charge in [-0.05, 0) is 12.5 Å². The summed E-state index contributed by atoms with van der Waals surface area (Å²) in [7, 11) is 0. The lowest BCUT2D eigenvalue weighted by atomic mass is 9.77. The van der Waals surface area contributed by atoms with Crippen molar-refractivity contribution in [3.63, 3.8) is 0 Å². The maximum atomic E-state index is 9.93. The van der Waals surface area contributed by atoms with Crippen LogP contribution in [0.4, 0.5) is 0 Å². The Labute approximate surface area is 115 Å². The normalized spacial score (nSPS) is 11.7. The van der Waals surface area contributed by atoms with Crippen LogP contribution in [-0.2, 0) is 5.41 Å². The molecule has 0 radical (unpaired) electrons. The molecule has 0 unspecified atom stereocenters. The highest BCUT2D eigenvalue weighted by molar-refractivity contribution is 5.38. The quantitative estimate of drug-likeness (QED) is 0.602. The summed E-state index contributed by atoms with van der Waals surface area (Å²) in [6.45, 7) is 1.89. The molecule has 0 saturated carbocycles. The number of aliphatic hydroxyl groups is 2. The first-order valence-electron chi connectivity index (χ1n) is 7.20. The molecule has 0 heterocycles. The number of aliphatic hydroxyl groups excluding tert-OH is 2. The van der Waals surface area contributed by atoms with Crippen LogP contribution < -0.4 is 0 Å². The van der Waals surface area contributed by atoms with Gasteiger partial charge in [-0.1, -0.05) is 57.2 Å². The minimum absolute atomic E-state index is 0.144. The molecule has 0 saturated heterocycles. The van der Waals surface area contributed by atoms with Crippen molar-refractivity contribution in [3.8, 4) is 5.75 Å². The van der Waals surface area contributed by atoms with Crippen molar-refractivity contribution in [2.24, 2.45) is 0 Å². The summed E-state index contributed by atoms with van der Waals surface area (Å²) in [5.74, 6) is 0.152. The fourth-order valence-electron chi connectivity index (χ4n) is 2.50. The van der Waals surface area contributed by atoms with E-state index in [9.17, 15) is 15.3 Å². The Kier molecular flexibility index (Phi) is 6.89. The third-order valence-electron chi connectivity index (χ3n) is 3.84. The summed E-state index contributed by atoms with van der Waals surface area (Å²) in [6.07, 6.45) is 6.36. The van der Waals surface area contributed by atoms with E-state index in [1.165, 1.54) is 19.3 Å². The van der Waals surface area contributed by atoms with Gasteiger partial charge in [0.2, 0.25) is 0 Å². The molecule has 3 N–H and O–H groups in total. The zero-order valence-electron chi connectivity index (χ0n) is 11.8. The zero-order chi connectivity index (χ0) is 14.1. The third kappa shape index (κ3) is 4.22. The topological polar surface area (TPSA) is 60.7 Å². The second kappa shape index (κ2) is 8.18. The van der Waals surface area contributed by atoms with E-state index in [4.69, 9.17) is 0 Å². The van der Waals surface area contributed by atoms with Crippen LogP contribution >= 0.6 is 0 Å². The van der Waals surface area contributed by atoms with Crippen LogP contribution in [0.5, 0.6) is 5.75 Å². The molecule has 108 valence electrons. The Hall–Kier alpha value is -1.06. The molecule has 1 rings (SSSR count). The van der Waals surface area contributed by atoms with E-state index in [1.54, 1.807) is 18.2 Å². The molecule has 0 aliphatic heterocycles. The molecule has 0 atom stereocenters. The minimum atomic E-state index is -0.725. The summed E-state index contributed by atoms with van der Waals surface area (Å²) in [4.78, 5) is 0. The van der Waals surface area contributed by atoms with Gasteiger partial charge >= 0.3 is 0 Å². The van der Waals surface area contributed by atoms with E-state index >= 15 is 0 Å². The number of phenols is 1. The number of hydrogen-bond donors (Lipinski definition) is 3. The van der Waals surface area contributed by atoms with Gasteiger partial charge in [0.25, 0.3) is 0 Å². The van der Waals surface area contributed by atoms with E-state index in [-0.39, 0.29) is 19.0 Å². The SMILES string of the molecule is CCCCCCCC(CO)(CO)c1ccccc1O. The van der Waals surface area contributed by atoms with Gasteiger partial charge in [-0.3, -0.25) is 0 Å². The molecule has 0 fully saturated rings. The maximum absolute atomic E-state index is 9.93. The Balaban J connectivity index is 2.71. The van der Waals surface area contributed by atoms with Crippen LogP contribution in [0.3, 0.4) is 0 Å². The highest BCUT2D eigenvalue weighted by Crippen LogP contribution is 2.35. The Morgan fingerprint density at radius 2 is 1.58 bits per heavy atom. The number of phenolic OH excluding ortho intramolecular Hbond substituents is 1. The van der Waals surface area contributed by atoms with Crippen molar-refractivity contribution in [1.29, 1.82) is 0 Å². The minimum Gasteiger partial charge on any atom is -0.508 e. The molecule has 19 heavy (non-hydrogen) atoms. The van der Waals surface area contributed by atoms with E-state index in [0.717, 1.165) is 12.8 Å². The highest BCUT2D eigenvalue weighted by Gasteiger charge is 2.32. The summed E-state index contributed by atoms with van der Waals surface area (Å²) < 4.78 is 0. The van der Waals surface area contributed by atoms with Crippen LogP contribution in [0.15, 0.2) is 24.3 Å². The Morgan fingerprint density at radius 1 is 0.947 bits per heavy atom. The number of hydrogen-bond acceptors (Lipinski definition) is 3. The molecule has 0 aromatic heterocycles. The van der Waals surface area contributed by atoms with Crippen molar-refractivity contribution in [2.45, 2.75) is 50.9 Å². The molecule has 3 nitrogen and oxygen atoms in total. The fraction of sp³-hybridized carbons (Fsp3) is 0.625. The molecule has 0 spiro atoms. The summed E-state index contributed by atoms with van der Waals surface area (Å²) in [5.41, 5.74) is -0.0760. The first-order valence-corrected chi connectivity index (χ1v) is 7.20. The predicted octanol–water partition coefficient (Wildman–Crippen LogP) is 2.98. The molecule has 0 aliphatic rings. The fourth-order valence-corrected chi connectivity index (χ4v) is 2.50. The van der Waals surface area contributed by atoms with Gasteiger partial charge in [0.1, 0.15) is 5.75 Å². The number of benzene rings is 1. The van der Waals surface area contributed by atoms with E-state index in [2.05, 4.69) is 6.92 Å². The average Bonchev–Trinajstić information content (AvgIpc) is 2.44. The van der Waals surface area contributed by atoms with Gasteiger partial charge in [0.05, 0.1) is 13.2 Å². The van der Waals surface area contributed by atoms with Gasteiger partial charge in [0.15, 0.2) is 0 Å². The molecule has 1 aromatic carbocycles.